The highest BCUT2D eigenvalue weighted by atomic mass is 127. The summed E-state index contributed by atoms with van der Waals surface area (Å²) < 4.78 is 5.52. The molecule has 2 aromatic rings. The minimum Gasteiger partial charge on any atom is -0.478 e. The quantitative estimate of drug-likeness (QED) is 0.350. The molecule has 2 N–H and O–H groups in total. The van der Waals surface area contributed by atoms with Crippen LogP contribution in [0.4, 0.5) is 5.69 Å². The number of benzene rings is 1. The van der Waals surface area contributed by atoms with Crippen molar-refractivity contribution in [2.75, 3.05) is 31.6 Å². The van der Waals surface area contributed by atoms with Gasteiger partial charge in [0.2, 0.25) is 5.88 Å². The van der Waals surface area contributed by atoms with Crippen molar-refractivity contribution in [3.63, 3.8) is 0 Å². The summed E-state index contributed by atoms with van der Waals surface area (Å²) in [4.78, 5) is 11.1. The summed E-state index contributed by atoms with van der Waals surface area (Å²) in [6, 6.07) is 14.9. The van der Waals surface area contributed by atoms with Gasteiger partial charge in [-0.25, -0.2) is 4.98 Å². The Labute approximate surface area is 184 Å². The zero-order chi connectivity index (χ0) is 18.9. The first-order valence-electron chi connectivity index (χ1n) is 9.63. The number of rotatable bonds is 7. The second kappa shape index (κ2) is 11.7. The summed E-state index contributed by atoms with van der Waals surface area (Å²) >= 11 is 0. The number of anilines is 1. The van der Waals surface area contributed by atoms with Crippen molar-refractivity contribution in [3.8, 4) is 5.88 Å². The van der Waals surface area contributed by atoms with Crippen LogP contribution in [0.1, 0.15) is 25.3 Å². The Morgan fingerprint density at radius 3 is 2.75 bits per heavy atom. The van der Waals surface area contributed by atoms with E-state index < -0.39 is 0 Å². The Kier molecular flexibility index (Phi) is 9.33. The van der Waals surface area contributed by atoms with Crippen LogP contribution >= 0.6 is 24.0 Å². The fraction of sp³-hybridized carbons (Fsp3) is 0.429. The molecule has 7 heteroatoms. The van der Waals surface area contributed by atoms with E-state index in [4.69, 9.17) is 4.74 Å². The summed E-state index contributed by atoms with van der Waals surface area (Å²) in [5.41, 5.74) is 2.38. The maximum atomic E-state index is 5.52. The van der Waals surface area contributed by atoms with Gasteiger partial charge < -0.3 is 20.3 Å². The van der Waals surface area contributed by atoms with E-state index in [1.54, 1.807) is 7.05 Å². The molecule has 28 heavy (non-hydrogen) atoms. The molecule has 0 amide bonds. The number of hydrogen-bond acceptors (Lipinski definition) is 4. The lowest BCUT2D eigenvalue weighted by Gasteiger charge is -2.20. The molecule has 1 aliphatic heterocycles. The van der Waals surface area contributed by atoms with Gasteiger partial charge in [-0.1, -0.05) is 31.2 Å². The van der Waals surface area contributed by atoms with E-state index in [1.165, 1.54) is 5.69 Å². The molecule has 0 aliphatic carbocycles. The third kappa shape index (κ3) is 6.54. The summed E-state index contributed by atoms with van der Waals surface area (Å²) in [6.07, 6.45) is 3.93. The Hall–Kier alpha value is -2.03. The molecule has 152 valence electrons. The molecular weight excluding hydrogens is 465 g/mol. The van der Waals surface area contributed by atoms with Gasteiger partial charge in [-0.15, -0.1) is 24.0 Å². The predicted octanol–water partition coefficient (Wildman–Crippen LogP) is 3.43. The first-order valence-corrected chi connectivity index (χ1v) is 9.63. The predicted molar refractivity (Wildman–Crippen MR) is 126 cm³/mol. The van der Waals surface area contributed by atoms with Crippen LogP contribution in [0.15, 0.2) is 53.7 Å². The average molecular weight is 495 g/mol. The molecule has 3 rings (SSSR count). The second-order valence-corrected chi connectivity index (χ2v) is 6.69. The minimum absolute atomic E-state index is 0. The Morgan fingerprint density at radius 2 is 2.07 bits per heavy atom. The lowest BCUT2D eigenvalue weighted by Crippen LogP contribution is -2.44. The number of para-hydroxylation sites is 1. The van der Waals surface area contributed by atoms with Crippen LogP contribution in [0.25, 0.3) is 0 Å². The summed E-state index contributed by atoms with van der Waals surface area (Å²) in [6.45, 7) is 5.50. The summed E-state index contributed by atoms with van der Waals surface area (Å²) in [5, 5.41) is 6.90. The van der Waals surface area contributed by atoms with Crippen molar-refractivity contribution < 1.29 is 4.74 Å². The van der Waals surface area contributed by atoms with E-state index in [-0.39, 0.29) is 24.0 Å². The highest BCUT2D eigenvalue weighted by Crippen LogP contribution is 2.19. The zero-order valence-electron chi connectivity index (χ0n) is 16.6. The first kappa shape index (κ1) is 22.3. The third-order valence-corrected chi connectivity index (χ3v) is 4.59. The number of halogens is 1. The minimum atomic E-state index is 0. The van der Waals surface area contributed by atoms with Gasteiger partial charge in [-0.2, -0.15) is 0 Å². The molecule has 2 heterocycles. The smallest absolute Gasteiger partial charge is 0.213 e. The molecule has 1 aromatic heterocycles. The maximum absolute atomic E-state index is 5.52. The molecule has 1 fully saturated rings. The Bertz CT molecular complexity index is 723. The van der Waals surface area contributed by atoms with Gasteiger partial charge in [0.05, 0.1) is 6.61 Å². The maximum Gasteiger partial charge on any atom is 0.213 e. The Morgan fingerprint density at radius 1 is 1.25 bits per heavy atom. The van der Waals surface area contributed by atoms with Crippen molar-refractivity contribution in [1.29, 1.82) is 0 Å². The number of nitrogens with one attached hydrogen (secondary N) is 2. The molecule has 6 nitrogen and oxygen atoms in total. The molecule has 0 radical (unpaired) electrons. The normalized spacial score (nSPS) is 16.4. The molecule has 1 unspecified atom stereocenters. The van der Waals surface area contributed by atoms with E-state index in [9.17, 15) is 0 Å². The van der Waals surface area contributed by atoms with Crippen LogP contribution in [0.5, 0.6) is 5.88 Å². The molecule has 0 spiro atoms. The summed E-state index contributed by atoms with van der Waals surface area (Å²) in [5.74, 6) is 1.50. The van der Waals surface area contributed by atoms with Crippen LogP contribution < -0.4 is 20.3 Å². The first-order chi connectivity index (χ1) is 13.3. The highest BCUT2D eigenvalue weighted by Gasteiger charge is 2.23. The molecular formula is C21H30IN5O. The van der Waals surface area contributed by atoms with Gasteiger partial charge >= 0.3 is 0 Å². The van der Waals surface area contributed by atoms with Gasteiger partial charge in [0.15, 0.2) is 5.96 Å². The SMILES string of the molecule is CCCOc1ccc(CNC(=NC)NC2CCN(c3ccccc3)C2)cn1.I. The summed E-state index contributed by atoms with van der Waals surface area (Å²) in [7, 11) is 1.80. The molecule has 1 atom stereocenters. The van der Waals surface area contributed by atoms with Crippen LogP contribution in [0, 0.1) is 0 Å². The average Bonchev–Trinajstić information content (AvgIpc) is 3.19. The van der Waals surface area contributed by atoms with E-state index in [0.29, 0.717) is 25.1 Å². The molecule has 1 aromatic carbocycles. The van der Waals surface area contributed by atoms with Gasteiger partial charge in [0.1, 0.15) is 0 Å². The van der Waals surface area contributed by atoms with E-state index in [0.717, 1.165) is 37.5 Å². The number of ether oxygens (including phenoxy) is 1. The van der Waals surface area contributed by atoms with Crippen molar-refractivity contribution in [2.45, 2.75) is 32.4 Å². The van der Waals surface area contributed by atoms with Crippen LogP contribution in [-0.4, -0.2) is 43.7 Å². The fourth-order valence-corrected chi connectivity index (χ4v) is 3.13. The number of hydrogen-bond donors (Lipinski definition) is 2. The van der Waals surface area contributed by atoms with Crippen molar-refractivity contribution in [3.05, 3.63) is 54.2 Å². The van der Waals surface area contributed by atoms with E-state index >= 15 is 0 Å². The standard InChI is InChI=1S/C21H29N5O.HI/c1-3-13-27-20-10-9-17(14-23-20)15-24-21(22-2)25-18-11-12-26(16-18)19-7-5-4-6-8-19;/h4-10,14,18H,3,11-13,15-16H2,1-2H3,(H2,22,24,25);1H. The topological polar surface area (TPSA) is 61.8 Å². The van der Waals surface area contributed by atoms with Crippen molar-refractivity contribution >= 4 is 35.6 Å². The zero-order valence-corrected chi connectivity index (χ0v) is 18.9. The van der Waals surface area contributed by atoms with Crippen LogP contribution in [-0.2, 0) is 6.54 Å². The largest absolute Gasteiger partial charge is 0.478 e. The van der Waals surface area contributed by atoms with Gasteiger partial charge in [-0.05, 0) is 30.5 Å². The fourth-order valence-electron chi connectivity index (χ4n) is 3.13. The number of aromatic nitrogens is 1. The molecule has 1 saturated heterocycles. The molecule has 0 saturated carbocycles. The van der Waals surface area contributed by atoms with E-state index in [2.05, 4.69) is 62.8 Å². The van der Waals surface area contributed by atoms with Gasteiger partial charge in [0, 0.05) is 50.7 Å². The number of pyridine rings is 1. The number of nitrogens with zero attached hydrogens (tertiary/aromatic N) is 3. The Balaban J connectivity index is 0.00000280. The van der Waals surface area contributed by atoms with Crippen molar-refractivity contribution in [1.82, 2.24) is 15.6 Å². The lowest BCUT2D eigenvalue weighted by atomic mass is 10.2. The monoisotopic (exact) mass is 495 g/mol. The lowest BCUT2D eigenvalue weighted by molar-refractivity contribution is 0.305. The third-order valence-electron chi connectivity index (χ3n) is 4.59. The second-order valence-electron chi connectivity index (χ2n) is 6.69. The van der Waals surface area contributed by atoms with Crippen LogP contribution in [0.2, 0.25) is 0 Å². The van der Waals surface area contributed by atoms with Gasteiger partial charge in [0.25, 0.3) is 0 Å². The highest BCUT2D eigenvalue weighted by molar-refractivity contribution is 14.0. The molecule has 1 aliphatic rings. The van der Waals surface area contributed by atoms with Gasteiger partial charge in [-0.3, -0.25) is 4.99 Å². The number of guanidine groups is 1. The van der Waals surface area contributed by atoms with E-state index in [1.807, 2.05) is 18.3 Å². The molecule has 0 bridgehead atoms. The van der Waals surface area contributed by atoms with Crippen molar-refractivity contribution in [2.24, 2.45) is 4.99 Å². The number of aliphatic imine (C=N–C) groups is 1. The van der Waals surface area contributed by atoms with Crippen LogP contribution in [0.3, 0.4) is 0 Å².